The highest BCUT2D eigenvalue weighted by molar-refractivity contribution is 6.05. The van der Waals surface area contributed by atoms with Gasteiger partial charge in [0.25, 0.3) is 0 Å². The number of aromatic nitrogens is 3. The molecule has 5 rings (SSSR count). The van der Waals surface area contributed by atoms with Crippen molar-refractivity contribution < 1.29 is 18.3 Å². The number of halogens is 2. The number of fused-ring (bicyclic) bond motifs is 2. The lowest BCUT2D eigenvalue weighted by Crippen LogP contribution is -2.27. The number of hydrogen-bond donors (Lipinski definition) is 1. The van der Waals surface area contributed by atoms with E-state index in [1.165, 1.54) is 20.2 Å². The summed E-state index contributed by atoms with van der Waals surface area (Å²) in [5.74, 6) is -2.56. The highest BCUT2D eigenvalue weighted by Gasteiger charge is 2.33. The number of rotatable bonds is 4. The number of para-hydroxylation sites is 1. The number of carbonyl (C=O) groups excluding carboxylic acids is 1. The van der Waals surface area contributed by atoms with E-state index >= 15 is 0 Å². The Morgan fingerprint density at radius 1 is 1.17 bits per heavy atom. The van der Waals surface area contributed by atoms with Gasteiger partial charge in [0.05, 0.1) is 29.2 Å². The molecule has 0 aliphatic carbocycles. The molecule has 0 amide bonds. The van der Waals surface area contributed by atoms with Crippen LogP contribution in [0.15, 0.2) is 47.4 Å². The minimum atomic E-state index is -2.73. The van der Waals surface area contributed by atoms with E-state index < -0.39 is 11.4 Å². The summed E-state index contributed by atoms with van der Waals surface area (Å²) >= 11 is 0. The molecule has 1 aromatic carbocycles. The number of pyridine rings is 3. The molecule has 4 aromatic rings. The summed E-state index contributed by atoms with van der Waals surface area (Å²) in [6.07, 6.45) is 1.32. The van der Waals surface area contributed by atoms with Crippen LogP contribution in [0, 0.1) is 0 Å². The number of benzene rings is 1. The van der Waals surface area contributed by atoms with Crippen LogP contribution in [0.25, 0.3) is 33.1 Å². The van der Waals surface area contributed by atoms with Gasteiger partial charge in [-0.2, -0.15) is 0 Å². The molecule has 0 atom stereocenters. The molecule has 3 aromatic heterocycles. The van der Waals surface area contributed by atoms with Crippen LogP contribution in [-0.4, -0.2) is 46.9 Å². The van der Waals surface area contributed by atoms with Gasteiger partial charge >= 0.3 is 0 Å². The van der Waals surface area contributed by atoms with Crippen LogP contribution >= 0.6 is 0 Å². The number of ketones is 1. The molecule has 0 bridgehead atoms. The van der Waals surface area contributed by atoms with Crippen LogP contribution < -0.4 is 15.1 Å². The molecule has 0 saturated carbocycles. The topological polar surface area (TPSA) is 88.2 Å². The Morgan fingerprint density at radius 3 is 2.74 bits per heavy atom. The molecular formula is C26H24F2N4O3. The van der Waals surface area contributed by atoms with Gasteiger partial charge in [0.2, 0.25) is 11.4 Å². The monoisotopic (exact) mass is 478 g/mol. The molecule has 180 valence electrons. The second-order valence-corrected chi connectivity index (χ2v) is 8.75. The number of Topliss-reactive ketones (excluding diaryl/α,β-unsaturated/α-hetero) is 1. The number of anilines is 1. The molecule has 7 nitrogen and oxygen atoms in total. The number of ether oxygens (including phenoxy) is 1. The fraction of sp³-hybridized carbons (Fsp3) is 0.308. The maximum atomic E-state index is 14.1. The van der Waals surface area contributed by atoms with Gasteiger partial charge < -0.3 is 14.6 Å². The standard InChI is InChI=1S/C26H24F2N4O3/c1-15(33)21-20-19(8-11-29-21)30-22(24(35-2)23(20)34)17-14-16-6-3-4-7-18(16)31-25(17)32-12-5-9-26(27,28)10-13-32/h3-4,6-8,11,14H,5,9-10,12-13H2,1-2H3,(H,30,34). The Kier molecular flexibility index (Phi) is 5.70. The first-order valence-electron chi connectivity index (χ1n) is 11.4. The van der Waals surface area contributed by atoms with Gasteiger partial charge in [-0.15, -0.1) is 0 Å². The maximum Gasteiger partial charge on any atom is 0.249 e. The van der Waals surface area contributed by atoms with Crippen molar-refractivity contribution in [2.24, 2.45) is 0 Å². The van der Waals surface area contributed by atoms with E-state index in [0.29, 0.717) is 41.1 Å². The van der Waals surface area contributed by atoms with Crippen LogP contribution in [-0.2, 0) is 0 Å². The summed E-state index contributed by atoms with van der Waals surface area (Å²) in [6.45, 7) is 1.89. The number of nitrogens with zero attached hydrogens (tertiary/aromatic N) is 3. The third-order valence-electron chi connectivity index (χ3n) is 6.40. The smallest absolute Gasteiger partial charge is 0.249 e. The van der Waals surface area contributed by atoms with E-state index in [-0.39, 0.29) is 42.0 Å². The van der Waals surface area contributed by atoms with Gasteiger partial charge in [-0.05, 0) is 24.6 Å². The molecule has 1 fully saturated rings. The molecule has 4 heterocycles. The molecule has 1 saturated heterocycles. The zero-order chi connectivity index (χ0) is 24.7. The van der Waals surface area contributed by atoms with Gasteiger partial charge in [-0.25, -0.2) is 13.8 Å². The number of H-pyrrole nitrogens is 1. The second-order valence-electron chi connectivity index (χ2n) is 8.75. The van der Waals surface area contributed by atoms with Crippen molar-refractivity contribution in [3.63, 3.8) is 0 Å². The summed E-state index contributed by atoms with van der Waals surface area (Å²) < 4.78 is 33.8. The lowest BCUT2D eigenvalue weighted by atomic mass is 10.0. The fourth-order valence-corrected chi connectivity index (χ4v) is 4.67. The Hall–Kier alpha value is -3.88. The molecule has 1 N–H and O–H groups in total. The van der Waals surface area contributed by atoms with Crippen molar-refractivity contribution in [1.29, 1.82) is 0 Å². The molecule has 0 radical (unpaired) electrons. The molecule has 0 unspecified atom stereocenters. The summed E-state index contributed by atoms with van der Waals surface area (Å²) in [5, 5.41) is 0.971. The van der Waals surface area contributed by atoms with Crippen molar-refractivity contribution in [2.45, 2.75) is 32.1 Å². The second kappa shape index (κ2) is 8.72. The van der Waals surface area contributed by atoms with E-state index in [2.05, 4.69) is 9.97 Å². The average Bonchev–Trinajstić information content (AvgIpc) is 3.03. The lowest BCUT2D eigenvalue weighted by Gasteiger charge is -2.25. The van der Waals surface area contributed by atoms with Gasteiger partial charge in [-0.1, -0.05) is 18.2 Å². The average molecular weight is 478 g/mol. The fourth-order valence-electron chi connectivity index (χ4n) is 4.67. The maximum absolute atomic E-state index is 14.1. The van der Waals surface area contributed by atoms with E-state index in [9.17, 15) is 18.4 Å². The summed E-state index contributed by atoms with van der Waals surface area (Å²) in [4.78, 5) is 39.6. The van der Waals surface area contributed by atoms with Crippen LogP contribution in [0.4, 0.5) is 14.6 Å². The van der Waals surface area contributed by atoms with E-state index in [1.807, 2.05) is 35.2 Å². The van der Waals surface area contributed by atoms with Crippen LogP contribution in [0.2, 0.25) is 0 Å². The number of nitrogens with one attached hydrogen (secondary N) is 1. The van der Waals surface area contributed by atoms with Crippen LogP contribution in [0.3, 0.4) is 0 Å². The minimum Gasteiger partial charge on any atom is -0.491 e. The van der Waals surface area contributed by atoms with Gasteiger partial charge in [0.1, 0.15) is 11.5 Å². The van der Waals surface area contributed by atoms with Crippen LogP contribution in [0.5, 0.6) is 5.75 Å². The summed E-state index contributed by atoms with van der Waals surface area (Å²) in [5.41, 5.74) is 1.65. The highest BCUT2D eigenvalue weighted by atomic mass is 19.3. The van der Waals surface area contributed by atoms with E-state index in [4.69, 9.17) is 9.72 Å². The predicted octanol–water partition coefficient (Wildman–Crippen LogP) is 4.98. The predicted molar refractivity (Wildman–Crippen MR) is 131 cm³/mol. The number of hydrogen-bond acceptors (Lipinski definition) is 6. The first kappa shape index (κ1) is 22.9. The zero-order valence-electron chi connectivity index (χ0n) is 19.4. The highest BCUT2D eigenvalue weighted by Crippen LogP contribution is 2.38. The first-order chi connectivity index (χ1) is 16.8. The molecule has 1 aliphatic rings. The normalized spacial score (nSPS) is 15.8. The Bertz CT molecular complexity index is 1520. The molecule has 0 spiro atoms. The van der Waals surface area contributed by atoms with Gasteiger partial charge in [0, 0.05) is 50.0 Å². The molecule has 9 heteroatoms. The third kappa shape index (κ3) is 4.11. The quantitative estimate of drug-likeness (QED) is 0.417. The number of alkyl halides is 2. The van der Waals surface area contributed by atoms with Crippen molar-refractivity contribution in [2.75, 3.05) is 25.1 Å². The van der Waals surface area contributed by atoms with Crippen molar-refractivity contribution in [1.82, 2.24) is 15.0 Å². The van der Waals surface area contributed by atoms with Crippen molar-refractivity contribution in [3.8, 4) is 17.0 Å². The summed E-state index contributed by atoms with van der Waals surface area (Å²) in [6, 6.07) is 11.0. The first-order valence-corrected chi connectivity index (χ1v) is 11.4. The molecular weight excluding hydrogens is 454 g/mol. The molecule has 35 heavy (non-hydrogen) atoms. The Balaban J connectivity index is 1.79. The largest absolute Gasteiger partial charge is 0.491 e. The Labute approximate surface area is 199 Å². The lowest BCUT2D eigenvalue weighted by molar-refractivity contribution is -0.0102. The van der Waals surface area contributed by atoms with Crippen LogP contribution in [0.1, 0.15) is 36.7 Å². The van der Waals surface area contributed by atoms with E-state index in [1.54, 1.807) is 6.07 Å². The van der Waals surface area contributed by atoms with Crippen molar-refractivity contribution in [3.05, 3.63) is 58.5 Å². The Morgan fingerprint density at radius 2 is 1.97 bits per heavy atom. The van der Waals surface area contributed by atoms with Crippen molar-refractivity contribution >= 4 is 33.4 Å². The third-order valence-corrected chi connectivity index (χ3v) is 6.40. The summed E-state index contributed by atoms with van der Waals surface area (Å²) in [7, 11) is 1.38. The number of methoxy groups -OCH3 is 1. The molecule has 1 aliphatic heterocycles. The SMILES string of the molecule is COc1c(-c2cc3ccccc3nc2N2CCCC(F)(F)CC2)[nH]c2ccnc(C(C)=O)c2c1=O. The van der Waals surface area contributed by atoms with Gasteiger partial charge in [0.15, 0.2) is 11.5 Å². The zero-order valence-corrected chi connectivity index (χ0v) is 19.4. The minimum absolute atomic E-state index is 0.00600. The van der Waals surface area contributed by atoms with Gasteiger partial charge in [-0.3, -0.25) is 14.6 Å². The van der Waals surface area contributed by atoms with E-state index in [0.717, 1.165) is 5.39 Å². The number of aromatic amines is 1. The number of carbonyl (C=O) groups is 1.